The Hall–Kier alpha value is -2.95. The zero-order valence-electron chi connectivity index (χ0n) is 14.1. The van der Waals surface area contributed by atoms with Crippen LogP contribution in [0.4, 0.5) is 11.8 Å². The SMILES string of the molecule is c1ccc(CCNc2cnnc(N3CCc4ccccc4C3)n2)cc1. The summed E-state index contributed by atoms with van der Waals surface area (Å²) in [4.78, 5) is 6.83. The smallest absolute Gasteiger partial charge is 0.247 e. The van der Waals surface area contributed by atoms with Gasteiger partial charge in [-0.1, -0.05) is 54.6 Å². The predicted molar refractivity (Wildman–Crippen MR) is 99.7 cm³/mol. The minimum atomic E-state index is 0.694. The molecule has 0 aliphatic carbocycles. The van der Waals surface area contributed by atoms with Crippen LogP contribution in [0.25, 0.3) is 0 Å². The quantitative estimate of drug-likeness (QED) is 0.778. The molecule has 5 heteroatoms. The van der Waals surface area contributed by atoms with Gasteiger partial charge in [-0.05, 0) is 29.5 Å². The van der Waals surface area contributed by atoms with Crippen molar-refractivity contribution in [2.45, 2.75) is 19.4 Å². The third-order valence-corrected chi connectivity index (χ3v) is 4.52. The Morgan fingerprint density at radius 3 is 2.64 bits per heavy atom. The number of nitrogens with one attached hydrogen (secondary N) is 1. The average molecular weight is 331 g/mol. The van der Waals surface area contributed by atoms with Crippen LogP contribution in [0.1, 0.15) is 16.7 Å². The molecule has 1 aliphatic rings. The van der Waals surface area contributed by atoms with Crippen LogP contribution in [-0.4, -0.2) is 28.3 Å². The van der Waals surface area contributed by atoms with E-state index in [9.17, 15) is 0 Å². The molecule has 0 fully saturated rings. The van der Waals surface area contributed by atoms with E-state index in [0.717, 1.165) is 38.3 Å². The first-order chi connectivity index (χ1) is 12.4. The molecule has 0 bridgehead atoms. The molecular formula is C20H21N5. The molecule has 1 aromatic heterocycles. The van der Waals surface area contributed by atoms with Crippen LogP contribution < -0.4 is 10.2 Å². The van der Waals surface area contributed by atoms with Crippen molar-refractivity contribution in [1.82, 2.24) is 15.2 Å². The van der Waals surface area contributed by atoms with Crippen molar-refractivity contribution < 1.29 is 0 Å². The zero-order valence-corrected chi connectivity index (χ0v) is 14.1. The van der Waals surface area contributed by atoms with Gasteiger partial charge >= 0.3 is 0 Å². The van der Waals surface area contributed by atoms with E-state index >= 15 is 0 Å². The Kier molecular flexibility index (Phi) is 4.55. The van der Waals surface area contributed by atoms with Crippen molar-refractivity contribution in [1.29, 1.82) is 0 Å². The molecule has 0 radical (unpaired) electrons. The fourth-order valence-corrected chi connectivity index (χ4v) is 3.16. The summed E-state index contributed by atoms with van der Waals surface area (Å²) < 4.78 is 0. The van der Waals surface area contributed by atoms with E-state index in [0.29, 0.717) is 5.95 Å². The number of hydrogen-bond donors (Lipinski definition) is 1. The number of aromatic nitrogens is 3. The van der Waals surface area contributed by atoms with Gasteiger partial charge in [0.05, 0.1) is 6.20 Å². The van der Waals surface area contributed by atoms with Crippen LogP contribution in [0.5, 0.6) is 0 Å². The first-order valence-corrected chi connectivity index (χ1v) is 8.68. The van der Waals surface area contributed by atoms with Crippen LogP contribution in [-0.2, 0) is 19.4 Å². The summed E-state index contributed by atoms with van der Waals surface area (Å²) in [7, 11) is 0. The maximum atomic E-state index is 4.64. The van der Waals surface area contributed by atoms with E-state index in [-0.39, 0.29) is 0 Å². The molecule has 0 unspecified atom stereocenters. The van der Waals surface area contributed by atoms with Crippen LogP contribution in [0.3, 0.4) is 0 Å². The summed E-state index contributed by atoms with van der Waals surface area (Å²) >= 11 is 0. The van der Waals surface area contributed by atoms with Crippen molar-refractivity contribution in [3.8, 4) is 0 Å². The summed E-state index contributed by atoms with van der Waals surface area (Å²) in [5.74, 6) is 1.47. The molecule has 1 aliphatic heterocycles. The maximum absolute atomic E-state index is 4.64. The zero-order chi connectivity index (χ0) is 16.9. The topological polar surface area (TPSA) is 53.9 Å². The number of hydrogen-bond acceptors (Lipinski definition) is 5. The van der Waals surface area contributed by atoms with E-state index in [4.69, 9.17) is 0 Å². The molecular weight excluding hydrogens is 310 g/mol. The lowest BCUT2D eigenvalue weighted by atomic mass is 10.0. The van der Waals surface area contributed by atoms with Gasteiger partial charge in [-0.2, -0.15) is 10.1 Å². The van der Waals surface area contributed by atoms with E-state index in [2.05, 4.69) is 73.9 Å². The summed E-state index contributed by atoms with van der Waals surface area (Å²) in [6.45, 7) is 2.59. The fraction of sp³-hybridized carbons (Fsp3) is 0.250. The number of anilines is 2. The maximum Gasteiger partial charge on any atom is 0.247 e. The van der Waals surface area contributed by atoms with Crippen LogP contribution >= 0.6 is 0 Å². The molecule has 25 heavy (non-hydrogen) atoms. The molecule has 1 N–H and O–H groups in total. The van der Waals surface area contributed by atoms with Gasteiger partial charge in [0.1, 0.15) is 0 Å². The van der Waals surface area contributed by atoms with Crippen LogP contribution in [0, 0.1) is 0 Å². The molecule has 126 valence electrons. The Morgan fingerprint density at radius 2 is 1.76 bits per heavy atom. The Morgan fingerprint density at radius 1 is 0.960 bits per heavy atom. The van der Waals surface area contributed by atoms with Crippen LogP contribution in [0.15, 0.2) is 60.8 Å². The van der Waals surface area contributed by atoms with Gasteiger partial charge < -0.3 is 10.2 Å². The number of rotatable bonds is 5. The highest BCUT2D eigenvalue weighted by Crippen LogP contribution is 2.21. The normalized spacial score (nSPS) is 13.4. The lowest BCUT2D eigenvalue weighted by Crippen LogP contribution is -2.32. The van der Waals surface area contributed by atoms with Gasteiger partial charge in [0.2, 0.25) is 5.95 Å². The second-order valence-electron chi connectivity index (χ2n) is 6.24. The van der Waals surface area contributed by atoms with Gasteiger partial charge in [0.15, 0.2) is 5.82 Å². The third kappa shape index (κ3) is 3.76. The molecule has 2 aromatic carbocycles. The molecule has 0 amide bonds. The number of benzene rings is 2. The highest BCUT2D eigenvalue weighted by Gasteiger charge is 2.18. The van der Waals surface area contributed by atoms with Crippen molar-refractivity contribution >= 4 is 11.8 Å². The van der Waals surface area contributed by atoms with E-state index in [1.807, 2.05) is 6.07 Å². The molecule has 0 atom stereocenters. The Labute approximate surface area is 147 Å². The first-order valence-electron chi connectivity index (χ1n) is 8.68. The minimum absolute atomic E-state index is 0.694. The second-order valence-corrected chi connectivity index (χ2v) is 6.24. The summed E-state index contributed by atoms with van der Waals surface area (Å²) in [5, 5.41) is 11.7. The summed E-state index contributed by atoms with van der Waals surface area (Å²) in [6, 6.07) is 19.0. The summed E-state index contributed by atoms with van der Waals surface area (Å²) in [5.41, 5.74) is 4.08. The molecule has 0 spiro atoms. The van der Waals surface area contributed by atoms with Gasteiger partial charge in [0.25, 0.3) is 0 Å². The fourth-order valence-electron chi connectivity index (χ4n) is 3.16. The lowest BCUT2D eigenvalue weighted by Gasteiger charge is -2.28. The molecule has 3 aromatic rings. The molecule has 4 rings (SSSR count). The Balaban J connectivity index is 1.40. The average Bonchev–Trinajstić information content (AvgIpc) is 2.69. The Bertz CT molecular complexity index is 834. The molecule has 0 saturated carbocycles. The number of nitrogens with zero attached hydrogens (tertiary/aromatic N) is 4. The van der Waals surface area contributed by atoms with E-state index < -0.39 is 0 Å². The highest BCUT2D eigenvalue weighted by atomic mass is 15.3. The molecule has 5 nitrogen and oxygen atoms in total. The highest BCUT2D eigenvalue weighted by molar-refractivity contribution is 5.43. The predicted octanol–water partition coefficient (Wildman–Crippen LogP) is 3.09. The molecule has 2 heterocycles. The van der Waals surface area contributed by atoms with Crippen molar-refractivity contribution in [3.05, 3.63) is 77.5 Å². The second kappa shape index (κ2) is 7.30. The van der Waals surface area contributed by atoms with Crippen molar-refractivity contribution in [2.75, 3.05) is 23.3 Å². The minimum Gasteiger partial charge on any atom is -0.368 e. The largest absolute Gasteiger partial charge is 0.368 e. The van der Waals surface area contributed by atoms with E-state index in [1.165, 1.54) is 16.7 Å². The van der Waals surface area contributed by atoms with E-state index in [1.54, 1.807) is 6.20 Å². The van der Waals surface area contributed by atoms with Gasteiger partial charge in [-0.25, -0.2) is 0 Å². The van der Waals surface area contributed by atoms with Gasteiger partial charge in [0, 0.05) is 19.6 Å². The van der Waals surface area contributed by atoms with Crippen LogP contribution in [0.2, 0.25) is 0 Å². The van der Waals surface area contributed by atoms with Gasteiger partial charge in [-0.3, -0.25) is 0 Å². The van der Waals surface area contributed by atoms with Crippen molar-refractivity contribution in [3.63, 3.8) is 0 Å². The molecule has 0 saturated heterocycles. The monoisotopic (exact) mass is 331 g/mol. The summed E-state index contributed by atoms with van der Waals surface area (Å²) in [6.07, 6.45) is 3.66. The lowest BCUT2D eigenvalue weighted by molar-refractivity contribution is 0.697. The number of fused-ring (bicyclic) bond motifs is 1. The van der Waals surface area contributed by atoms with Crippen molar-refractivity contribution in [2.24, 2.45) is 0 Å². The third-order valence-electron chi connectivity index (χ3n) is 4.52. The van der Waals surface area contributed by atoms with Gasteiger partial charge in [-0.15, -0.1) is 5.10 Å². The standard InChI is InChI=1S/C20H21N5/c1-2-6-16(7-3-1)10-12-21-19-14-22-24-20(23-19)25-13-11-17-8-4-5-9-18(17)15-25/h1-9,14H,10-13,15H2,(H,21,23,24). The first kappa shape index (κ1) is 15.6.